The van der Waals surface area contributed by atoms with Gasteiger partial charge in [-0.15, -0.1) is 0 Å². The molecule has 3 aromatic rings. The molecule has 0 saturated heterocycles. The van der Waals surface area contributed by atoms with Crippen LogP contribution in [0, 0.1) is 0 Å². The Morgan fingerprint density at radius 1 is 1.30 bits per heavy atom. The molecule has 0 atom stereocenters. The van der Waals surface area contributed by atoms with Crippen molar-refractivity contribution in [2.75, 3.05) is 7.11 Å². The molecular formula is C15H11NO4. The van der Waals surface area contributed by atoms with E-state index < -0.39 is 0 Å². The molecule has 0 unspecified atom stereocenters. The Morgan fingerprint density at radius 3 is 2.85 bits per heavy atom. The Balaban J connectivity index is 2.36. The second kappa shape index (κ2) is 4.70. The van der Waals surface area contributed by atoms with Gasteiger partial charge in [0.2, 0.25) is 5.75 Å². The monoisotopic (exact) mass is 269 g/mol. The quantitative estimate of drug-likeness (QED) is 0.774. The number of pyridine rings is 1. The van der Waals surface area contributed by atoms with Crippen molar-refractivity contribution in [3.05, 3.63) is 52.9 Å². The van der Waals surface area contributed by atoms with Gasteiger partial charge in [-0.05, 0) is 24.3 Å². The minimum absolute atomic E-state index is 0.0773. The number of hydrogen-bond acceptors (Lipinski definition) is 5. The van der Waals surface area contributed by atoms with Gasteiger partial charge in [-0.25, -0.2) is 0 Å². The van der Waals surface area contributed by atoms with Gasteiger partial charge in [0.05, 0.1) is 12.5 Å². The summed E-state index contributed by atoms with van der Waals surface area (Å²) < 4.78 is 10.8. The lowest BCUT2D eigenvalue weighted by atomic mass is 10.1. The third-order valence-corrected chi connectivity index (χ3v) is 2.98. The average molecular weight is 269 g/mol. The first-order chi connectivity index (χ1) is 9.70. The van der Waals surface area contributed by atoms with E-state index in [-0.39, 0.29) is 22.5 Å². The normalized spacial score (nSPS) is 10.7. The fraction of sp³-hybridized carbons (Fsp3) is 0.0667. The van der Waals surface area contributed by atoms with E-state index in [0.29, 0.717) is 16.7 Å². The van der Waals surface area contributed by atoms with E-state index in [0.717, 1.165) is 0 Å². The number of methoxy groups -OCH3 is 1. The molecule has 0 aliphatic heterocycles. The van der Waals surface area contributed by atoms with Crippen LogP contribution in [-0.4, -0.2) is 17.2 Å². The third-order valence-electron chi connectivity index (χ3n) is 2.98. The SMILES string of the molecule is COc1c(O)ccc2c(=O)cc(-c3cccnc3)oc12. The lowest BCUT2D eigenvalue weighted by molar-refractivity contribution is 0.371. The van der Waals surface area contributed by atoms with E-state index in [1.165, 1.54) is 25.3 Å². The number of aromatic hydroxyl groups is 1. The average Bonchev–Trinajstić information content (AvgIpc) is 2.48. The van der Waals surface area contributed by atoms with E-state index >= 15 is 0 Å². The van der Waals surface area contributed by atoms with Crippen molar-refractivity contribution in [1.82, 2.24) is 4.98 Å². The summed E-state index contributed by atoms with van der Waals surface area (Å²) in [6.45, 7) is 0. The van der Waals surface area contributed by atoms with Crippen LogP contribution in [0.25, 0.3) is 22.3 Å². The van der Waals surface area contributed by atoms with Gasteiger partial charge in [-0.2, -0.15) is 0 Å². The van der Waals surface area contributed by atoms with Gasteiger partial charge < -0.3 is 14.3 Å². The van der Waals surface area contributed by atoms with Crippen molar-refractivity contribution in [1.29, 1.82) is 0 Å². The Bertz CT molecular complexity index is 824. The molecule has 0 saturated carbocycles. The Morgan fingerprint density at radius 2 is 2.15 bits per heavy atom. The molecule has 2 aromatic heterocycles. The molecule has 0 radical (unpaired) electrons. The molecule has 20 heavy (non-hydrogen) atoms. The molecule has 100 valence electrons. The van der Waals surface area contributed by atoms with Crippen molar-refractivity contribution in [3.63, 3.8) is 0 Å². The highest BCUT2D eigenvalue weighted by atomic mass is 16.5. The van der Waals surface area contributed by atoms with E-state index in [4.69, 9.17) is 9.15 Å². The summed E-state index contributed by atoms with van der Waals surface area (Å²) in [4.78, 5) is 16.1. The summed E-state index contributed by atoms with van der Waals surface area (Å²) in [6, 6.07) is 7.84. The number of phenols is 1. The van der Waals surface area contributed by atoms with Crippen LogP contribution in [0.3, 0.4) is 0 Å². The Labute approximate surface area is 114 Å². The van der Waals surface area contributed by atoms with Crippen molar-refractivity contribution in [2.45, 2.75) is 0 Å². The first-order valence-electron chi connectivity index (χ1n) is 5.95. The largest absolute Gasteiger partial charge is 0.504 e. The lowest BCUT2D eigenvalue weighted by Crippen LogP contribution is -2.01. The molecule has 1 N–H and O–H groups in total. The van der Waals surface area contributed by atoms with Crippen LogP contribution in [0.4, 0.5) is 0 Å². The Kier molecular flexibility index (Phi) is 2.87. The van der Waals surface area contributed by atoms with Crippen molar-refractivity contribution in [3.8, 4) is 22.8 Å². The van der Waals surface area contributed by atoms with Crippen LogP contribution >= 0.6 is 0 Å². The highest BCUT2D eigenvalue weighted by Crippen LogP contribution is 2.35. The highest BCUT2D eigenvalue weighted by molar-refractivity contribution is 5.86. The smallest absolute Gasteiger partial charge is 0.204 e. The number of nitrogens with zero attached hydrogens (tertiary/aromatic N) is 1. The van der Waals surface area contributed by atoms with Gasteiger partial charge in [0.15, 0.2) is 16.8 Å². The molecule has 0 fully saturated rings. The number of fused-ring (bicyclic) bond motifs is 1. The van der Waals surface area contributed by atoms with Crippen LogP contribution < -0.4 is 10.2 Å². The standard InChI is InChI=1S/C15H11NO4/c1-19-15-11(17)5-4-10-12(18)7-13(20-14(10)15)9-3-2-6-16-8-9/h2-8,17H,1H3. The minimum Gasteiger partial charge on any atom is -0.504 e. The first kappa shape index (κ1) is 12.2. The summed E-state index contributed by atoms with van der Waals surface area (Å²) in [5, 5.41) is 10.1. The number of benzene rings is 1. The van der Waals surface area contributed by atoms with Crippen LogP contribution in [0.1, 0.15) is 0 Å². The fourth-order valence-corrected chi connectivity index (χ4v) is 2.03. The summed E-state index contributed by atoms with van der Waals surface area (Å²) in [6.07, 6.45) is 3.23. The maximum absolute atomic E-state index is 12.1. The van der Waals surface area contributed by atoms with Gasteiger partial charge in [0.25, 0.3) is 0 Å². The fourth-order valence-electron chi connectivity index (χ4n) is 2.03. The van der Waals surface area contributed by atoms with E-state index in [1.807, 2.05) is 0 Å². The van der Waals surface area contributed by atoms with Crippen molar-refractivity contribution < 1.29 is 14.3 Å². The molecule has 0 spiro atoms. The van der Waals surface area contributed by atoms with Gasteiger partial charge in [0, 0.05) is 24.0 Å². The van der Waals surface area contributed by atoms with E-state index in [1.54, 1.807) is 24.5 Å². The minimum atomic E-state index is -0.205. The zero-order chi connectivity index (χ0) is 14.1. The first-order valence-corrected chi connectivity index (χ1v) is 5.95. The summed E-state index contributed by atoms with van der Waals surface area (Å²) >= 11 is 0. The summed E-state index contributed by atoms with van der Waals surface area (Å²) in [5.74, 6) is 0.441. The predicted octanol–water partition coefficient (Wildman–Crippen LogP) is 2.57. The maximum atomic E-state index is 12.1. The second-order valence-electron chi connectivity index (χ2n) is 4.21. The zero-order valence-corrected chi connectivity index (χ0v) is 10.7. The number of hydrogen-bond donors (Lipinski definition) is 1. The third kappa shape index (κ3) is 1.89. The lowest BCUT2D eigenvalue weighted by Gasteiger charge is -2.08. The maximum Gasteiger partial charge on any atom is 0.204 e. The Hall–Kier alpha value is -2.82. The molecule has 0 aliphatic carbocycles. The van der Waals surface area contributed by atoms with Crippen LogP contribution in [0.2, 0.25) is 0 Å². The van der Waals surface area contributed by atoms with Crippen LogP contribution in [0.15, 0.2) is 51.9 Å². The number of aromatic nitrogens is 1. The van der Waals surface area contributed by atoms with Crippen LogP contribution in [-0.2, 0) is 0 Å². The van der Waals surface area contributed by atoms with E-state index in [2.05, 4.69) is 4.98 Å². The predicted molar refractivity (Wildman–Crippen MR) is 73.9 cm³/mol. The van der Waals surface area contributed by atoms with Gasteiger partial charge in [-0.3, -0.25) is 9.78 Å². The molecule has 0 amide bonds. The van der Waals surface area contributed by atoms with Gasteiger partial charge in [0.1, 0.15) is 5.76 Å². The number of ether oxygens (including phenoxy) is 1. The molecule has 5 heteroatoms. The molecular weight excluding hydrogens is 258 g/mol. The molecule has 0 bridgehead atoms. The van der Waals surface area contributed by atoms with Crippen molar-refractivity contribution in [2.24, 2.45) is 0 Å². The molecule has 0 aliphatic rings. The number of rotatable bonds is 2. The van der Waals surface area contributed by atoms with Gasteiger partial charge >= 0.3 is 0 Å². The van der Waals surface area contributed by atoms with Gasteiger partial charge in [-0.1, -0.05) is 0 Å². The van der Waals surface area contributed by atoms with Crippen molar-refractivity contribution >= 4 is 11.0 Å². The van der Waals surface area contributed by atoms with Crippen LogP contribution in [0.5, 0.6) is 11.5 Å². The topological polar surface area (TPSA) is 72.6 Å². The summed E-state index contributed by atoms with van der Waals surface area (Å²) in [7, 11) is 1.41. The highest BCUT2D eigenvalue weighted by Gasteiger charge is 2.14. The summed E-state index contributed by atoms with van der Waals surface area (Å²) in [5.41, 5.74) is 0.694. The number of phenolic OH excluding ortho intramolecular Hbond substituents is 1. The van der Waals surface area contributed by atoms with E-state index in [9.17, 15) is 9.90 Å². The molecule has 1 aromatic carbocycles. The molecule has 3 rings (SSSR count). The second-order valence-corrected chi connectivity index (χ2v) is 4.21. The molecule has 5 nitrogen and oxygen atoms in total. The molecule has 2 heterocycles. The zero-order valence-electron chi connectivity index (χ0n) is 10.7.